The molecule has 0 amide bonds. The van der Waals surface area contributed by atoms with Gasteiger partial charge in [0.15, 0.2) is 0 Å². The number of hydrogen-bond donors (Lipinski definition) is 3. The Morgan fingerprint density at radius 2 is 1.95 bits per heavy atom. The first-order chi connectivity index (χ1) is 10.3. The third-order valence-corrected chi connectivity index (χ3v) is 3.45. The molecule has 0 aliphatic carbocycles. The Hall–Kier alpha value is -3.15. The van der Waals surface area contributed by atoms with Gasteiger partial charge in [0, 0.05) is 28.9 Å². The third kappa shape index (κ3) is 1.93. The predicted molar refractivity (Wildman–Crippen MR) is 81.3 cm³/mol. The zero-order valence-electron chi connectivity index (χ0n) is 11.0. The van der Waals surface area contributed by atoms with Crippen LogP contribution in [0.3, 0.4) is 0 Å². The van der Waals surface area contributed by atoms with Gasteiger partial charge >= 0.3 is 0 Å². The molecule has 0 radical (unpaired) electrons. The molecule has 4 N–H and O–H groups in total. The Bertz CT molecular complexity index is 893. The first kappa shape index (κ1) is 11.7. The van der Waals surface area contributed by atoms with E-state index in [-0.39, 0.29) is 0 Å². The Kier molecular flexibility index (Phi) is 2.47. The van der Waals surface area contributed by atoms with E-state index in [9.17, 15) is 0 Å². The van der Waals surface area contributed by atoms with Crippen LogP contribution in [-0.4, -0.2) is 25.4 Å². The number of nitrogens with two attached hydrogens (primary N) is 1. The number of aromatic nitrogens is 5. The molecule has 3 aromatic heterocycles. The molecule has 0 spiro atoms. The molecule has 0 unspecified atom stereocenters. The molecule has 0 saturated carbocycles. The normalized spacial score (nSPS) is 11.0. The number of fused-ring (bicyclic) bond motifs is 1. The molecule has 0 aliphatic rings. The molecular formula is C15H12N6. The molecule has 0 saturated heterocycles. The lowest BCUT2D eigenvalue weighted by atomic mass is 10.0. The molecular weight excluding hydrogens is 264 g/mol. The molecule has 6 nitrogen and oxygen atoms in total. The van der Waals surface area contributed by atoms with E-state index in [0.717, 1.165) is 33.3 Å². The zero-order valence-corrected chi connectivity index (χ0v) is 11.0. The maximum atomic E-state index is 5.94. The van der Waals surface area contributed by atoms with Crippen molar-refractivity contribution < 1.29 is 0 Å². The molecule has 0 bridgehead atoms. The minimum Gasteiger partial charge on any atom is -0.384 e. The summed E-state index contributed by atoms with van der Waals surface area (Å²) in [6.07, 6.45) is 5.34. The van der Waals surface area contributed by atoms with Gasteiger partial charge in [-0.3, -0.25) is 10.2 Å². The van der Waals surface area contributed by atoms with Crippen molar-refractivity contribution in [1.29, 1.82) is 0 Å². The zero-order chi connectivity index (χ0) is 14.2. The van der Waals surface area contributed by atoms with Crippen LogP contribution in [0.5, 0.6) is 0 Å². The summed E-state index contributed by atoms with van der Waals surface area (Å²) in [5.41, 5.74) is 10.8. The van der Waals surface area contributed by atoms with E-state index in [0.29, 0.717) is 5.82 Å². The summed E-state index contributed by atoms with van der Waals surface area (Å²) < 4.78 is 0. The molecule has 0 fully saturated rings. The van der Waals surface area contributed by atoms with Gasteiger partial charge < -0.3 is 5.73 Å². The van der Waals surface area contributed by atoms with Gasteiger partial charge in [-0.15, -0.1) is 0 Å². The highest BCUT2D eigenvalue weighted by Crippen LogP contribution is 2.31. The van der Waals surface area contributed by atoms with E-state index in [1.807, 2.05) is 36.5 Å². The van der Waals surface area contributed by atoms with Crippen LogP contribution in [0.25, 0.3) is 33.3 Å². The highest BCUT2D eigenvalue weighted by atomic mass is 15.1. The second-order valence-corrected chi connectivity index (χ2v) is 4.78. The van der Waals surface area contributed by atoms with Gasteiger partial charge in [0.05, 0.1) is 17.4 Å². The summed E-state index contributed by atoms with van der Waals surface area (Å²) >= 11 is 0. The molecule has 3 heterocycles. The van der Waals surface area contributed by atoms with Gasteiger partial charge in [-0.05, 0) is 23.8 Å². The van der Waals surface area contributed by atoms with E-state index in [4.69, 9.17) is 5.73 Å². The lowest BCUT2D eigenvalue weighted by molar-refractivity contribution is 1.09. The molecule has 6 heteroatoms. The average molecular weight is 276 g/mol. The number of aromatic amines is 2. The molecule has 21 heavy (non-hydrogen) atoms. The van der Waals surface area contributed by atoms with Crippen LogP contribution in [0.4, 0.5) is 5.82 Å². The number of nitrogens with zero attached hydrogens (tertiary/aromatic N) is 3. The summed E-state index contributed by atoms with van der Waals surface area (Å²) in [5, 5.41) is 14.8. The number of nitrogens with one attached hydrogen (secondary N) is 2. The van der Waals surface area contributed by atoms with E-state index < -0.39 is 0 Å². The first-order valence-corrected chi connectivity index (χ1v) is 6.50. The molecule has 1 aromatic carbocycles. The summed E-state index contributed by atoms with van der Waals surface area (Å²) in [6, 6.07) is 9.87. The minimum absolute atomic E-state index is 0.487. The number of hydrogen-bond acceptors (Lipinski definition) is 4. The maximum absolute atomic E-state index is 5.94. The van der Waals surface area contributed by atoms with E-state index in [2.05, 4.69) is 25.4 Å². The van der Waals surface area contributed by atoms with E-state index in [1.165, 1.54) is 0 Å². The van der Waals surface area contributed by atoms with Gasteiger partial charge in [-0.25, -0.2) is 4.98 Å². The van der Waals surface area contributed by atoms with Crippen molar-refractivity contribution in [3.63, 3.8) is 0 Å². The quantitative estimate of drug-likeness (QED) is 0.524. The number of benzene rings is 1. The second kappa shape index (κ2) is 4.45. The van der Waals surface area contributed by atoms with Crippen molar-refractivity contribution in [3.8, 4) is 22.4 Å². The lowest BCUT2D eigenvalue weighted by Crippen LogP contribution is -1.93. The van der Waals surface area contributed by atoms with Crippen molar-refractivity contribution in [3.05, 3.63) is 48.9 Å². The van der Waals surface area contributed by atoms with Crippen molar-refractivity contribution in [2.75, 3.05) is 5.73 Å². The second-order valence-electron chi connectivity index (χ2n) is 4.78. The van der Waals surface area contributed by atoms with Crippen LogP contribution in [0, 0.1) is 0 Å². The fraction of sp³-hybridized carbons (Fsp3) is 0. The summed E-state index contributed by atoms with van der Waals surface area (Å²) in [6.45, 7) is 0. The Morgan fingerprint density at radius 1 is 1.00 bits per heavy atom. The number of H-pyrrole nitrogens is 2. The van der Waals surface area contributed by atoms with Crippen molar-refractivity contribution in [1.82, 2.24) is 25.4 Å². The maximum Gasteiger partial charge on any atom is 0.124 e. The SMILES string of the molecule is Nc1cc(-c2cn[nH]c2)c2ccc(-c3ccn[nH]3)cc2n1. The van der Waals surface area contributed by atoms with Gasteiger partial charge in [0.25, 0.3) is 0 Å². The highest BCUT2D eigenvalue weighted by molar-refractivity contribution is 5.97. The first-order valence-electron chi connectivity index (χ1n) is 6.50. The molecule has 0 atom stereocenters. The topological polar surface area (TPSA) is 96.3 Å². The van der Waals surface area contributed by atoms with Gasteiger partial charge in [0.1, 0.15) is 5.82 Å². The number of rotatable bonds is 2. The number of anilines is 1. The molecule has 4 rings (SSSR count). The highest BCUT2D eigenvalue weighted by Gasteiger charge is 2.09. The van der Waals surface area contributed by atoms with Gasteiger partial charge in [0.2, 0.25) is 0 Å². The predicted octanol–water partition coefficient (Wildman–Crippen LogP) is 2.60. The van der Waals surface area contributed by atoms with E-state index in [1.54, 1.807) is 12.4 Å². The van der Waals surface area contributed by atoms with Crippen LogP contribution in [0.2, 0.25) is 0 Å². The van der Waals surface area contributed by atoms with Crippen molar-refractivity contribution in [2.24, 2.45) is 0 Å². The minimum atomic E-state index is 0.487. The average Bonchev–Trinajstić information content (AvgIpc) is 3.19. The van der Waals surface area contributed by atoms with Gasteiger partial charge in [-0.2, -0.15) is 10.2 Å². The smallest absolute Gasteiger partial charge is 0.124 e. The van der Waals surface area contributed by atoms with Crippen LogP contribution in [-0.2, 0) is 0 Å². The lowest BCUT2D eigenvalue weighted by Gasteiger charge is -2.07. The van der Waals surface area contributed by atoms with Crippen LogP contribution < -0.4 is 5.73 Å². The Morgan fingerprint density at radius 3 is 2.71 bits per heavy atom. The summed E-state index contributed by atoms with van der Waals surface area (Å²) in [7, 11) is 0. The summed E-state index contributed by atoms with van der Waals surface area (Å²) in [4.78, 5) is 4.43. The van der Waals surface area contributed by atoms with Crippen molar-refractivity contribution in [2.45, 2.75) is 0 Å². The van der Waals surface area contributed by atoms with Crippen LogP contribution in [0.15, 0.2) is 48.9 Å². The largest absolute Gasteiger partial charge is 0.384 e. The number of pyridine rings is 1. The monoisotopic (exact) mass is 276 g/mol. The Balaban J connectivity index is 1.97. The van der Waals surface area contributed by atoms with Crippen LogP contribution >= 0.6 is 0 Å². The third-order valence-electron chi connectivity index (χ3n) is 3.45. The van der Waals surface area contributed by atoms with Crippen LogP contribution in [0.1, 0.15) is 0 Å². The number of nitrogen functional groups attached to an aromatic ring is 1. The molecule has 4 aromatic rings. The molecule has 0 aliphatic heterocycles. The fourth-order valence-electron chi connectivity index (χ4n) is 2.47. The summed E-state index contributed by atoms with van der Waals surface area (Å²) in [5.74, 6) is 0.487. The van der Waals surface area contributed by atoms with Gasteiger partial charge in [-0.1, -0.05) is 12.1 Å². The standard InChI is InChI=1S/C15H12N6/c16-15-6-12(10-7-18-19-8-10)11-2-1-9(5-14(11)20-15)13-3-4-17-21-13/h1-8H,(H2,16,20)(H,17,21)(H,18,19). The Labute approximate surface area is 120 Å². The fourth-order valence-corrected chi connectivity index (χ4v) is 2.47. The molecule has 102 valence electrons. The van der Waals surface area contributed by atoms with Crippen molar-refractivity contribution >= 4 is 16.7 Å². The van der Waals surface area contributed by atoms with E-state index >= 15 is 0 Å².